The van der Waals surface area contributed by atoms with Crippen LogP contribution >= 0.6 is 0 Å². The molecule has 1 rings (SSSR count). The van der Waals surface area contributed by atoms with Crippen LogP contribution in [0.15, 0.2) is 12.1 Å². The van der Waals surface area contributed by atoms with Crippen molar-refractivity contribution in [1.82, 2.24) is 15.2 Å². The van der Waals surface area contributed by atoms with Gasteiger partial charge in [0.15, 0.2) is 0 Å². The molecule has 0 atom stereocenters. The molecule has 4 nitrogen and oxygen atoms in total. The van der Waals surface area contributed by atoms with Crippen molar-refractivity contribution in [2.75, 3.05) is 45.2 Å². The number of hydrogen-bond acceptors (Lipinski definition) is 4. The minimum absolute atomic E-state index is 0.930. The minimum Gasteiger partial charge on any atom is -0.357 e. The van der Waals surface area contributed by atoms with Gasteiger partial charge in [0, 0.05) is 25.3 Å². The predicted molar refractivity (Wildman–Crippen MR) is 92.0 cm³/mol. The number of nitrogens with one attached hydrogen (secondary N) is 1. The second kappa shape index (κ2) is 9.74. The van der Waals surface area contributed by atoms with Crippen molar-refractivity contribution in [2.45, 2.75) is 40.2 Å². The van der Waals surface area contributed by atoms with E-state index in [4.69, 9.17) is 4.98 Å². The summed E-state index contributed by atoms with van der Waals surface area (Å²) >= 11 is 0. The Balaban J connectivity index is 2.69. The van der Waals surface area contributed by atoms with Gasteiger partial charge in [-0.2, -0.15) is 0 Å². The summed E-state index contributed by atoms with van der Waals surface area (Å²) in [6.45, 7) is 11.7. The molecule has 1 aromatic heterocycles. The fourth-order valence-electron chi connectivity index (χ4n) is 2.41. The quantitative estimate of drug-likeness (QED) is 0.672. The van der Waals surface area contributed by atoms with Crippen molar-refractivity contribution in [3.05, 3.63) is 23.4 Å². The van der Waals surface area contributed by atoms with Crippen LogP contribution in [-0.4, -0.2) is 50.2 Å². The van der Waals surface area contributed by atoms with E-state index in [-0.39, 0.29) is 0 Å². The SMILES string of the molecule is CCCNCc1cc(C)nc(N(CC)CCCN(C)C)c1. The molecule has 0 bridgehead atoms. The van der Waals surface area contributed by atoms with Crippen molar-refractivity contribution in [2.24, 2.45) is 0 Å². The lowest BCUT2D eigenvalue weighted by molar-refractivity contribution is 0.400. The largest absolute Gasteiger partial charge is 0.357 e. The molecule has 0 fully saturated rings. The molecule has 0 amide bonds. The van der Waals surface area contributed by atoms with E-state index in [1.54, 1.807) is 0 Å². The maximum atomic E-state index is 4.72. The summed E-state index contributed by atoms with van der Waals surface area (Å²) in [6, 6.07) is 4.41. The van der Waals surface area contributed by atoms with Gasteiger partial charge in [0.05, 0.1) is 0 Å². The lowest BCUT2D eigenvalue weighted by Gasteiger charge is -2.24. The smallest absolute Gasteiger partial charge is 0.129 e. The van der Waals surface area contributed by atoms with Gasteiger partial charge < -0.3 is 15.1 Å². The first kappa shape index (κ1) is 17.9. The Morgan fingerprint density at radius 1 is 1.14 bits per heavy atom. The van der Waals surface area contributed by atoms with Crippen molar-refractivity contribution in [3.63, 3.8) is 0 Å². The molecule has 0 aromatic carbocycles. The second-order valence-electron chi connectivity index (χ2n) is 5.89. The van der Waals surface area contributed by atoms with Gasteiger partial charge in [-0.15, -0.1) is 0 Å². The van der Waals surface area contributed by atoms with Crippen LogP contribution in [0.4, 0.5) is 5.82 Å². The average molecular weight is 292 g/mol. The number of aromatic nitrogens is 1. The average Bonchev–Trinajstić information content (AvgIpc) is 2.43. The Labute approximate surface area is 130 Å². The van der Waals surface area contributed by atoms with Gasteiger partial charge in [0.1, 0.15) is 5.82 Å². The third-order valence-electron chi connectivity index (χ3n) is 3.49. The lowest BCUT2D eigenvalue weighted by Crippen LogP contribution is -2.28. The van der Waals surface area contributed by atoms with Gasteiger partial charge >= 0.3 is 0 Å². The number of rotatable bonds is 10. The zero-order chi connectivity index (χ0) is 15.7. The van der Waals surface area contributed by atoms with E-state index in [1.165, 1.54) is 18.4 Å². The van der Waals surface area contributed by atoms with Gasteiger partial charge in [-0.1, -0.05) is 6.92 Å². The third kappa shape index (κ3) is 6.91. The standard InChI is InChI=1S/C17H32N4/c1-6-9-18-14-16-12-15(3)19-17(13-16)21(7-2)11-8-10-20(4)5/h12-13,18H,6-11,14H2,1-5H3. The van der Waals surface area contributed by atoms with Crippen molar-refractivity contribution >= 4 is 5.82 Å². The molecule has 0 aliphatic rings. The first-order valence-corrected chi connectivity index (χ1v) is 8.14. The summed E-state index contributed by atoms with van der Waals surface area (Å²) in [5.74, 6) is 1.12. The van der Waals surface area contributed by atoms with Gasteiger partial charge in [-0.05, 0) is 71.6 Å². The van der Waals surface area contributed by atoms with Crippen LogP contribution in [0.3, 0.4) is 0 Å². The van der Waals surface area contributed by atoms with E-state index in [0.29, 0.717) is 0 Å². The Hall–Kier alpha value is -1.13. The van der Waals surface area contributed by atoms with E-state index >= 15 is 0 Å². The minimum atomic E-state index is 0.930. The van der Waals surface area contributed by atoms with Crippen LogP contribution in [0.5, 0.6) is 0 Å². The summed E-state index contributed by atoms with van der Waals surface area (Å²) in [6.07, 6.45) is 2.34. The Kier molecular flexibility index (Phi) is 8.31. The monoisotopic (exact) mass is 292 g/mol. The Morgan fingerprint density at radius 3 is 2.52 bits per heavy atom. The number of anilines is 1. The molecule has 0 saturated heterocycles. The summed E-state index contributed by atoms with van der Waals surface area (Å²) in [5, 5.41) is 3.47. The molecule has 1 aromatic rings. The van der Waals surface area contributed by atoms with E-state index in [2.05, 4.69) is 62.1 Å². The molecule has 1 N–H and O–H groups in total. The van der Waals surface area contributed by atoms with Crippen molar-refractivity contribution in [1.29, 1.82) is 0 Å². The third-order valence-corrected chi connectivity index (χ3v) is 3.49. The van der Waals surface area contributed by atoms with Crippen LogP contribution in [0.25, 0.3) is 0 Å². The predicted octanol–water partition coefficient (Wildman–Crippen LogP) is 2.67. The van der Waals surface area contributed by atoms with Crippen LogP contribution < -0.4 is 10.2 Å². The second-order valence-corrected chi connectivity index (χ2v) is 5.89. The maximum Gasteiger partial charge on any atom is 0.129 e. The van der Waals surface area contributed by atoms with Crippen molar-refractivity contribution < 1.29 is 0 Å². The Morgan fingerprint density at radius 2 is 1.90 bits per heavy atom. The van der Waals surface area contributed by atoms with Gasteiger partial charge in [0.2, 0.25) is 0 Å². The number of hydrogen-bond donors (Lipinski definition) is 1. The normalized spacial score (nSPS) is 11.1. The zero-order valence-corrected chi connectivity index (χ0v) is 14.4. The zero-order valence-electron chi connectivity index (χ0n) is 14.4. The van der Waals surface area contributed by atoms with E-state index in [9.17, 15) is 0 Å². The number of nitrogens with zero attached hydrogens (tertiary/aromatic N) is 3. The molecule has 4 heteroatoms. The van der Waals surface area contributed by atoms with Crippen molar-refractivity contribution in [3.8, 4) is 0 Å². The molecule has 0 unspecified atom stereocenters. The highest BCUT2D eigenvalue weighted by Gasteiger charge is 2.08. The lowest BCUT2D eigenvalue weighted by atomic mass is 10.2. The summed E-state index contributed by atoms with van der Waals surface area (Å²) in [5.41, 5.74) is 2.43. The molecular weight excluding hydrogens is 260 g/mol. The highest BCUT2D eigenvalue weighted by Crippen LogP contribution is 2.15. The fraction of sp³-hybridized carbons (Fsp3) is 0.706. The molecular formula is C17H32N4. The molecule has 0 aliphatic carbocycles. The first-order chi connectivity index (χ1) is 10.1. The molecule has 1 heterocycles. The number of pyridine rings is 1. The van der Waals surface area contributed by atoms with Gasteiger partial charge in [-0.25, -0.2) is 4.98 Å². The maximum absolute atomic E-state index is 4.72. The topological polar surface area (TPSA) is 31.4 Å². The van der Waals surface area contributed by atoms with Crippen LogP contribution in [-0.2, 0) is 6.54 Å². The fourth-order valence-corrected chi connectivity index (χ4v) is 2.41. The molecule has 0 radical (unpaired) electrons. The summed E-state index contributed by atoms with van der Waals surface area (Å²) in [7, 11) is 4.25. The highest BCUT2D eigenvalue weighted by atomic mass is 15.2. The Bertz CT molecular complexity index is 404. The molecule has 120 valence electrons. The van der Waals surface area contributed by atoms with E-state index in [0.717, 1.165) is 44.2 Å². The summed E-state index contributed by atoms with van der Waals surface area (Å²) < 4.78 is 0. The van der Waals surface area contributed by atoms with Crippen LogP contribution in [0.2, 0.25) is 0 Å². The molecule has 0 aliphatic heterocycles. The number of aryl methyl sites for hydroxylation is 1. The van der Waals surface area contributed by atoms with Crippen LogP contribution in [0.1, 0.15) is 37.9 Å². The van der Waals surface area contributed by atoms with Gasteiger partial charge in [0.25, 0.3) is 0 Å². The molecule has 0 spiro atoms. The summed E-state index contributed by atoms with van der Waals surface area (Å²) in [4.78, 5) is 9.32. The molecule has 0 saturated carbocycles. The highest BCUT2D eigenvalue weighted by molar-refractivity contribution is 5.42. The molecule has 21 heavy (non-hydrogen) atoms. The van der Waals surface area contributed by atoms with Crippen LogP contribution in [0, 0.1) is 6.92 Å². The first-order valence-electron chi connectivity index (χ1n) is 8.14. The van der Waals surface area contributed by atoms with E-state index in [1.807, 2.05) is 0 Å². The van der Waals surface area contributed by atoms with Gasteiger partial charge in [-0.3, -0.25) is 0 Å². The van der Waals surface area contributed by atoms with E-state index < -0.39 is 0 Å².